The van der Waals surface area contributed by atoms with Crippen LogP contribution in [-0.2, 0) is 17.1 Å². The minimum absolute atomic E-state index is 0.0251. The van der Waals surface area contributed by atoms with Crippen molar-refractivity contribution in [2.75, 3.05) is 12.3 Å². The Bertz CT molecular complexity index is 523. The molecule has 1 aromatic rings. The molecule has 2 rings (SSSR count). The number of hydrogen-bond donors (Lipinski definition) is 1. The number of rotatable bonds is 2. The number of sulfonamides is 1. The summed E-state index contributed by atoms with van der Waals surface area (Å²) in [5.74, 6) is 0.0777. The van der Waals surface area contributed by atoms with Crippen molar-refractivity contribution in [2.24, 2.45) is 7.05 Å². The molecule has 0 aliphatic carbocycles. The lowest BCUT2D eigenvalue weighted by atomic mass is 10.1. The fourth-order valence-corrected chi connectivity index (χ4v) is 4.21. The van der Waals surface area contributed by atoms with E-state index in [9.17, 15) is 8.42 Å². The van der Waals surface area contributed by atoms with E-state index in [1.165, 1.54) is 10.9 Å². The number of nitrogen functional groups attached to an aromatic ring is 1. The van der Waals surface area contributed by atoms with E-state index in [-0.39, 0.29) is 16.8 Å². The minimum atomic E-state index is -3.52. The molecule has 0 saturated carbocycles. The van der Waals surface area contributed by atoms with Crippen molar-refractivity contribution in [1.29, 1.82) is 0 Å². The average Bonchev–Trinajstić information content (AvgIpc) is 2.49. The molecule has 0 radical (unpaired) electrons. The van der Waals surface area contributed by atoms with Crippen LogP contribution in [0.25, 0.3) is 0 Å². The molecule has 0 aromatic carbocycles. The quantitative estimate of drug-likeness (QED) is 0.869. The highest BCUT2D eigenvalue weighted by molar-refractivity contribution is 7.89. The van der Waals surface area contributed by atoms with E-state index in [0.717, 1.165) is 25.7 Å². The molecule has 0 bridgehead atoms. The lowest BCUT2D eigenvalue weighted by molar-refractivity contribution is 0.342. The maximum absolute atomic E-state index is 12.6. The Kier molecular flexibility index (Phi) is 3.63. The molecular weight excluding hydrogens is 252 g/mol. The number of aromatic nitrogens is 2. The van der Waals surface area contributed by atoms with Crippen LogP contribution in [0.5, 0.6) is 0 Å². The molecule has 1 aliphatic heterocycles. The average molecular weight is 272 g/mol. The third kappa shape index (κ3) is 2.37. The van der Waals surface area contributed by atoms with Crippen LogP contribution >= 0.6 is 0 Å². The number of nitrogens with zero attached hydrogens (tertiary/aromatic N) is 3. The summed E-state index contributed by atoms with van der Waals surface area (Å²) in [5.41, 5.74) is 5.68. The molecule has 1 saturated heterocycles. The summed E-state index contributed by atoms with van der Waals surface area (Å²) < 4.78 is 28.2. The van der Waals surface area contributed by atoms with Crippen molar-refractivity contribution in [1.82, 2.24) is 14.1 Å². The molecule has 102 valence electrons. The second-order valence-corrected chi connectivity index (χ2v) is 6.73. The Morgan fingerprint density at radius 3 is 2.72 bits per heavy atom. The summed E-state index contributed by atoms with van der Waals surface area (Å²) in [7, 11) is -1.85. The highest BCUT2D eigenvalue weighted by Gasteiger charge is 2.32. The third-order valence-electron chi connectivity index (χ3n) is 3.40. The first-order valence-electron chi connectivity index (χ1n) is 6.24. The summed E-state index contributed by atoms with van der Waals surface area (Å²) in [6.45, 7) is 2.52. The molecular formula is C11H20N4O2S. The molecule has 2 heterocycles. The van der Waals surface area contributed by atoms with Gasteiger partial charge in [-0.2, -0.15) is 9.40 Å². The van der Waals surface area contributed by atoms with Crippen molar-refractivity contribution in [3.8, 4) is 0 Å². The van der Waals surface area contributed by atoms with E-state index < -0.39 is 10.0 Å². The van der Waals surface area contributed by atoms with Gasteiger partial charge in [0.05, 0.1) is 0 Å². The highest BCUT2D eigenvalue weighted by atomic mass is 32.2. The molecule has 2 N–H and O–H groups in total. The SMILES string of the molecule is CC1CCCCCN1S(=O)(=O)c1cn(C)nc1N. The fourth-order valence-electron chi connectivity index (χ4n) is 2.41. The van der Waals surface area contributed by atoms with Gasteiger partial charge in [-0.3, -0.25) is 4.68 Å². The maximum atomic E-state index is 12.6. The van der Waals surface area contributed by atoms with Gasteiger partial charge in [-0.15, -0.1) is 0 Å². The van der Waals surface area contributed by atoms with Crippen molar-refractivity contribution in [2.45, 2.75) is 43.5 Å². The normalized spacial score (nSPS) is 22.9. The lowest BCUT2D eigenvalue weighted by Crippen LogP contribution is -2.38. The molecule has 1 unspecified atom stereocenters. The Labute approximate surface area is 108 Å². The maximum Gasteiger partial charge on any atom is 0.248 e. The zero-order chi connectivity index (χ0) is 13.3. The second-order valence-electron chi connectivity index (χ2n) is 4.87. The standard InChI is InChI=1S/C11H20N4O2S/c1-9-6-4-3-5-7-15(9)18(16,17)10-8-14(2)13-11(10)12/h8-9H,3-7H2,1-2H3,(H2,12,13). The molecule has 1 aliphatic rings. The van der Waals surface area contributed by atoms with Crippen LogP contribution in [0.15, 0.2) is 11.1 Å². The van der Waals surface area contributed by atoms with Gasteiger partial charge < -0.3 is 5.73 Å². The van der Waals surface area contributed by atoms with Gasteiger partial charge >= 0.3 is 0 Å². The molecule has 6 nitrogen and oxygen atoms in total. The van der Waals surface area contributed by atoms with Crippen LogP contribution < -0.4 is 5.73 Å². The third-order valence-corrected chi connectivity index (χ3v) is 5.43. The molecule has 1 atom stereocenters. The zero-order valence-electron chi connectivity index (χ0n) is 10.8. The van der Waals surface area contributed by atoms with Crippen molar-refractivity contribution >= 4 is 15.8 Å². The van der Waals surface area contributed by atoms with Gasteiger partial charge in [-0.05, 0) is 19.8 Å². The molecule has 1 aromatic heterocycles. The second kappa shape index (κ2) is 4.89. The van der Waals surface area contributed by atoms with Crippen LogP contribution in [0, 0.1) is 0 Å². The van der Waals surface area contributed by atoms with Crippen LogP contribution in [-0.4, -0.2) is 35.1 Å². The first-order chi connectivity index (χ1) is 8.43. The number of hydrogen-bond acceptors (Lipinski definition) is 4. The van der Waals surface area contributed by atoms with E-state index in [0.29, 0.717) is 6.54 Å². The smallest absolute Gasteiger partial charge is 0.248 e. The van der Waals surface area contributed by atoms with Gasteiger partial charge in [0.15, 0.2) is 5.82 Å². The molecule has 18 heavy (non-hydrogen) atoms. The van der Waals surface area contributed by atoms with Gasteiger partial charge in [0.2, 0.25) is 10.0 Å². The number of aryl methyl sites for hydroxylation is 1. The summed E-state index contributed by atoms with van der Waals surface area (Å²) in [5, 5.41) is 3.91. The van der Waals surface area contributed by atoms with E-state index >= 15 is 0 Å². The van der Waals surface area contributed by atoms with E-state index in [1.54, 1.807) is 11.4 Å². The molecule has 7 heteroatoms. The van der Waals surface area contributed by atoms with Gasteiger partial charge in [0.25, 0.3) is 0 Å². The number of anilines is 1. The lowest BCUT2D eigenvalue weighted by Gasteiger charge is -2.25. The first kappa shape index (κ1) is 13.4. The van der Waals surface area contributed by atoms with Crippen LogP contribution in [0.2, 0.25) is 0 Å². The monoisotopic (exact) mass is 272 g/mol. The minimum Gasteiger partial charge on any atom is -0.381 e. The van der Waals surface area contributed by atoms with Gasteiger partial charge in [0, 0.05) is 25.8 Å². The van der Waals surface area contributed by atoms with Crippen molar-refractivity contribution in [3.05, 3.63) is 6.20 Å². The molecule has 0 amide bonds. The molecule has 0 spiro atoms. The van der Waals surface area contributed by atoms with E-state index in [2.05, 4.69) is 5.10 Å². The zero-order valence-corrected chi connectivity index (χ0v) is 11.7. The van der Waals surface area contributed by atoms with Crippen molar-refractivity contribution < 1.29 is 8.42 Å². The Morgan fingerprint density at radius 2 is 2.11 bits per heavy atom. The van der Waals surface area contributed by atoms with Gasteiger partial charge in [0.1, 0.15) is 4.90 Å². The van der Waals surface area contributed by atoms with Crippen LogP contribution in [0.3, 0.4) is 0 Å². The summed E-state index contributed by atoms with van der Waals surface area (Å²) in [6, 6.07) is 0.0251. The summed E-state index contributed by atoms with van der Waals surface area (Å²) in [4.78, 5) is 0.124. The number of nitrogens with two attached hydrogens (primary N) is 1. The van der Waals surface area contributed by atoms with E-state index in [4.69, 9.17) is 5.73 Å². The van der Waals surface area contributed by atoms with Gasteiger partial charge in [-0.25, -0.2) is 8.42 Å². The first-order valence-corrected chi connectivity index (χ1v) is 7.68. The van der Waals surface area contributed by atoms with Gasteiger partial charge in [-0.1, -0.05) is 12.8 Å². The summed E-state index contributed by atoms with van der Waals surface area (Å²) >= 11 is 0. The van der Waals surface area contributed by atoms with Crippen LogP contribution in [0.4, 0.5) is 5.82 Å². The topological polar surface area (TPSA) is 81.2 Å². The Balaban J connectivity index is 2.38. The van der Waals surface area contributed by atoms with Crippen molar-refractivity contribution in [3.63, 3.8) is 0 Å². The largest absolute Gasteiger partial charge is 0.381 e. The van der Waals surface area contributed by atoms with E-state index in [1.807, 2.05) is 6.92 Å². The predicted octanol–water partition coefficient (Wildman–Crippen LogP) is 0.956. The summed E-state index contributed by atoms with van der Waals surface area (Å²) in [6.07, 6.45) is 5.44. The predicted molar refractivity (Wildman–Crippen MR) is 69.4 cm³/mol. The highest BCUT2D eigenvalue weighted by Crippen LogP contribution is 2.26. The Morgan fingerprint density at radius 1 is 1.39 bits per heavy atom. The Hall–Kier alpha value is -1.08. The molecule has 1 fully saturated rings. The van der Waals surface area contributed by atoms with Crippen LogP contribution in [0.1, 0.15) is 32.6 Å². The fraction of sp³-hybridized carbons (Fsp3) is 0.727.